The zero-order valence-electron chi connectivity index (χ0n) is 13.2. The third-order valence-corrected chi connectivity index (χ3v) is 2.91. The van der Waals surface area contributed by atoms with Crippen LogP contribution in [0.15, 0.2) is 48.7 Å². The van der Waals surface area contributed by atoms with Gasteiger partial charge in [0.25, 0.3) is 5.69 Å². The minimum Gasteiger partial charge on any atom is -0.457 e. The number of non-ortho nitro benzene ring substituents is 1. The van der Waals surface area contributed by atoms with E-state index in [1.165, 1.54) is 18.2 Å². The largest absolute Gasteiger partial charge is 0.457 e. The molecule has 0 N–H and O–H groups in total. The number of carbonyl (C=O) groups is 1. The molecule has 1 aromatic heterocycles. The van der Waals surface area contributed by atoms with E-state index in [1.807, 2.05) is 4.57 Å². The van der Waals surface area contributed by atoms with Gasteiger partial charge in [0.15, 0.2) is 0 Å². The van der Waals surface area contributed by atoms with Gasteiger partial charge in [-0.15, -0.1) is 0 Å². The molecule has 0 spiro atoms. The maximum atomic E-state index is 11.5. The molecule has 0 atom stereocenters. The van der Waals surface area contributed by atoms with Crippen LogP contribution in [0.1, 0.15) is 20.8 Å². The standard InChI is InChI=1S/C17H18N2O4/c1-17(2,3)23-16(20)6-4-5-10-18-11-9-13-12-14(19(21)22)7-8-15(13)18/h4-12H,1-3H3/b6-4+,10-5+. The van der Waals surface area contributed by atoms with Gasteiger partial charge in [-0.2, -0.15) is 0 Å². The van der Waals surface area contributed by atoms with Gasteiger partial charge in [-0.3, -0.25) is 10.1 Å². The van der Waals surface area contributed by atoms with Crippen molar-refractivity contribution < 1.29 is 14.5 Å². The third kappa shape index (κ3) is 4.54. The first-order chi connectivity index (χ1) is 10.8. The smallest absolute Gasteiger partial charge is 0.331 e. The van der Waals surface area contributed by atoms with Crippen molar-refractivity contribution in [2.45, 2.75) is 26.4 Å². The number of aromatic nitrogens is 1. The molecule has 2 rings (SSSR count). The van der Waals surface area contributed by atoms with Gasteiger partial charge in [0, 0.05) is 36.0 Å². The molecule has 0 unspecified atom stereocenters. The van der Waals surface area contributed by atoms with Gasteiger partial charge in [0.1, 0.15) is 5.60 Å². The number of allylic oxidation sites excluding steroid dienone is 2. The van der Waals surface area contributed by atoms with Gasteiger partial charge >= 0.3 is 5.97 Å². The summed E-state index contributed by atoms with van der Waals surface area (Å²) < 4.78 is 6.97. The van der Waals surface area contributed by atoms with E-state index in [4.69, 9.17) is 4.74 Å². The molecular formula is C17H18N2O4. The normalized spacial score (nSPS) is 12.3. The highest BCUT2D eigenvalue weighted by molar-refractivity contribution is 5.85. The number of hydrogen-bond donors (Lipinski definition) is 0. The van der Waals surface area contributed by atoms with Gasteiger partial charge in [0.05, 0.1) is 10.4 Å². The van der Waals surface area contributed by atoms with E-state index in [0.717, 1.165) is 10.9 Å². The van der Waals surface area contributed by atoms with Crippen molar-refractivity contribution in [1.29, 1.82) is 0 Å². The SMILES string of the molecule is CC(C)(C)OC(=O)/C=C/C=C/n1ccc2cc([N+](=O)[O-])ccc21. The van der Waals surface area contributed by atoms with Gasteiger partial charge in [-0.05, 0) is 39.0 Å². The number of hydrogen-bond acceptors (Lipinski definition) is 4. The van der Waals surface area contributed by atoms with Crippen LogP contribution in [-0.4, -0.2) is 21.1 Å². The van der Waals surface area contributed by atoms with Crippen molar-refractivity contribution in [1.82, 2.24) is 4.57 Å². The minimum atomic E-state index is -0.517. The maximum Gasteiger partial charge on any atom is 0.331 e. The molecule has 0 aliphatic carbocycles. The van der Waals surface area contributed by atoms with Crippen LogP contribution in [0.4, 0.5) is 5.69 Å². The first-order valence-electron chi connectivity index (χ1n) is 7.09. The van der Waals surface area contributed by atoms with Gasteiger partial charge in [0.2, 0.25) is 0 Å². The summed E-state index contributed by atoms with van der Waals surface area (Å²) >= 11 is 0. The van der Waals surface area contributed by atoms with Crippen molar-refractivity contribution in [3.05, 3.63) is 58.8 Å². The fraction of sp³-hybridized carbons (Fsp3) is 0.235. The first-order valence-corrected chi connectivity index (χ1v) is 7.09. The molecule has 0 saturated carbocycles. The summed E-state index contributed by atoms with van der Waals surface area (Å²) in [5.74, 6) is -0.407. The predicted molar refractivity (Wildman–Crippen MR) is 88.9 cm³/mol. The lowest BCUT2D eigenvalue weighted by atomic mass is 10.2. The Hall–Kier alpha value is -2.89. The molecule has 23 heavy (non-hydrogen) atoms. The summed E-state index contributed by atoms with van der Waals surface area (Å²) in [6.45, 7) is 5.42. The van der Waals surface area contributed by atoms with Crippen LogP contribution in [0.2, 0.25) is 0 Å². The quantitative estimate of drug-likeness (QED) is 0.282. The molecule has 0 amide bonds. The highest BCUT2D eigenvalue weighted by atomic mass is 16.6. The van der Waals surface area contributed by atoms with E-state index in [9.17, 15) is 14.9 Å². The third-order valence-electron chi connectivity index (χ3n) is 2.91. The Labute approximate surface area is 133 Å². The lowest BCUT2D eigenvalue weighted by molar-refractivity contribution is -0.384. The summed E-state index contributed by atoms with van der Waals surface area (Å²) in [5.41, 5.74) is 0.387. The Kier molecular flexibility index (Phi) is 4.64. The number of ether oxygens (including phenoxy) is 1. The Morgan fingerprint density at radius 2 is 2.00 bits per heavy atom. The Morgan fingerprint density at radius 1 is 1.26 bits per heavy atom. The zero-order valence-corrected chi connectivity index (χ0v) is 13.2. The Morgan fingerprint density at radius 3 is 2.65 bits per heavy atom. The lowest BCUT2D eigenvalue weighted by Gasteiger charge is -2.17. The summed E-state index contributed by atoms with van der Waals surface area (Å²) in [4.78, 5) is 21.9. The molecule has 6 nitrogen and oxygen atoms in total. The molecule has 6 heteroatoms. The lowest BCUT2D eigenvalue weighted by Crippen LogP contribution is -2.22. The predicted octanol–water partition coefficient (Wildman–Crippen LogP) is 3.92. The van der Waals surface area contributed by atoms with Crippen LogP contribution in [0.25, 0.3) is 17.1 Å². The highest BCUT2D eigenvalue weighted by Gasteiger charge is 2.13. The zero-order chi connectivity index (χ0) is 17.0. The Bertz CT molecular complexity index is 795. The molecule has 0 radical (unpaired) electrons. The number of nitro groups is 1. The van der Waals surface area contributed by atoms with Crippen LogP contribution >= 0.6 is 0 Å². The van der Waals surface area contributed by atoms with E-state index >= 15 is 0 Å². The summed E-state index contributed by atoms with van der Waals surface area (Å²) in [6, 6.07) is 6.47. The number of rotatable bonds is 4. The van der Waals surface area contributed by atoms with Crippen LogP contribution in [-0.2, 0) is 9.53 Å². The number of fused-ring (bicyclic) bond motifs is 1. The summed E-state index contributed by atoms with van der Waals surface area (Å²) in [6.07, 6.45) is 8.19. The van der Waals surface area contributed by atoms with E-state index < -0.39 is 16.5 Å². The molecule has 2 aromatic rings. The topological polar surface area (TPSA) is 74.4 Å². The Balaban J connectivity index is 2.10. The number of nitro benzene ring substituents is 1. The molecule has 1 aromatic carbocycles. The van der Waals surface area contributed by atoms with Crippen molar-refractivity contribution in [3.63, 3.8) is 0 Å². The number of benzene rings is 1. The molecule has 0 fully saturated rings. The number of carbonyl (C=O) groups excluding carboxylic acids is 1. The van der Waals surface area contributed by atoms with Crippen molar-refractivity contribution >= 4 is 28.8 Å². The van der Waals surface area contributed by atoms with Crippen molar-refractivity contribution in [3.8, 4) is 0 Å². The molecule has 0 aliphatic rings. The van der Waals surface area contributed by atoms with Crippen LogP contribution < -0.4 is 0 Å². The van der Waals surface area contributed by atoms with Crippen molar-refractivity contribution in [2.75, 3.05) is 0 Å². The second-order valence-corrected chi connectivity index (χ2v) is 5.96. The number of nitrogens with zero attached hydrogens (tertiary/aromatic N) is 2. The van der Waals surface area contributed by atoms with E-state index in [2.05, 4.69) is 0 Å². The first kappa shape index (κ1) is 16.5. The monoisotopic (exact) mass is 314 g/mol. The van der Waals surface area contributed by atoms with E-state index in [0.29, 0.717) is 0 Å². The number of esters is 1. The molecule has 1 heterocycles. The molecular weight excluding hydrogens is 296 g/mol. The second kappa shape index (κ2) is 6.48. The summed E-state index contributed by atoms with van der Waals surface area (Å²) in [5, 5.41) is 11.5. The van der Waals surface area contributed by atoms with Gasteiger partial charge in [-0.1, -0.05) is 6.08 Å². The molecule has 0 bridgehead atoms. The van der Waals surface area contributed by atoms with Crippen molar-refractivity contribution in [2.24, 2.45) is 0 Å². The maximum absolute atomic E-state index is 11.5. The van der Waals surface area contributed by atoms with Crippen LogP contribution in [0.3, 0.4) is 0 Å². The fourth-order valence-electron chi connectivity index (χ4n) is 2.01. The van der Waals surface area contributed by atoms with E-state index in [-0.39, 0.29) is 5.69 Å². The molecule has 0 aliphatic heterocycles. The van der Waals surface area contributed by atoms with Gasteiger partial charge < -0.3 is 9.30 Å². The second-order valence-electron chi connectivity index (χ2n) is 5.96. The van der Waals surface area contributed by atoms with E-state index in [1.54, 1.807) is 57.5 Å². The van der Waals surface area contributed by atoms with Crippen LogP contribution in [0, 0.1) is 10.1 Å². The fourth-order valence-corrected chi connectivity index (χ4v) is 2.01. The minimum absolute atomic E-state index is 0.0593. The average molecular weight is 314 g/mol. The molecule has 0 saturated heterocycles. The highest BCUT2D eigenvalue weighted by Crippen LogP contribution is 2.22. The molecule has 120 valence electrons. The van der Waals surface area contributed by atoms with Crippen LogP contribution in [0.5, 0.6) is 0 Å². The van der Waals surface area contributed by atoms with Gasteiger partial charge in [-0.25, -0.2) is 4.79 Å². The average Bonchev–Trinajstić information content (AvgIpc) is 2.84. The summed E-state index contributed by atoms with van der Waals surface area (Å²) in [7, 11) is 0.